The van der Waals surface area contributed by atoms with Gasteiger partial charge in [-0.1, -0.05) is 0 Å². The van der Waals surface area contributed by atoms with Crippen molar-refractivity contribution in [2.75, 3.05) is 6.61 Å². The number of furan rings is 1. The Morgan fingerprint density at radius 1 is 1.33 bits per heavy atom. The summed E-state index contributed by atoms with van der Waals surface area (Å²) in [5, 5.41) is 0. The van der Waals surface area contributed by atoms with Crippen molar-refractivity contribution in [2.24, 2.45) is 0 Å². The number of hydrogen-bond donors (Lipinski definition) is 0. The molecule has 1 aromatic heterocycles. The standard InChI is InChI=1S/C17H19NO3/c1-12(2)18(11-15-4-3-8-20-15)17(19)14-5-6-16-13(10-14)7-9-21-16/h3-6,8,10,12H,7,9,11H2,1-2H3. The number of benzene rings is 1. The van der Waals surface area contributed by atoms with Crippen molar-refractivity contribution in [1.29, 1.82) is 0 Å². The molecule has 0 bridgehead atoms. The second-order valence-electron chi connectivity index (χ2n) is 5.53. The van der Waals surface area contributed by atoms with Crippen LogP contribution in [0.25, 0.3) is 0 Å². The molecule has 2 aromatic rings. The van der Waals surface area contributed by atoms with Crippen molar-refractivity contribution >= 4 is 5.91 Å². The van der Waals surface area contributed by atoms with E-state index in [1.807, 2.05) is 49.1 Å². The summed E-state index contributed by atoms with van der Waals surface area (Å²) in [7, 11) is 0. The van der Waals surface area contributed by atoms with Gasteiger partial charge in [-0.05, 0) is 49.7 Å². The molecule has 1 aliphatic rings. The molecular weight excluding hydrogens is 266 g/mol. The van der Waals surface area contributed by atoms with Crippen molar-refractivity contribution in [3.63, 3.8) is 0 Å². The molecule has 0 fully saturated rings. The third-order valence-corrected chi connectivity index (χ3v) is 3.73. The lowest BCUT2D eigenvalue weighted by Gasteiger charge is -2.26. The number of carbonyl (C=O) groups is 1. The minimum Gasteiger partial charge on any atom is -0.493 e. The van der Waals surface area contributed by atoms with Crippen LogP contribution in [-0.2, 0) is 13.0 Å². The third-order valence-electron chi connectivity index (χ3n) is 3.73. The highest BCUT2D eigenvalue weighted by Gasteiger charge is 2.22. The average molecular weight is 285 g/mol. The number of nitrogens with zero attached hydrogens (tertiary/aromatic N) is 1. The smallest absolute Gasteiger partial charge is 0.254 e. The first-order chi connectivity index (χ1) is 10.1. The Morgan fingerprint density at radius 3 is 2.90 bits per heavy atom. The lowest BCUT2D eigenvalue weighted by atomic mass is 10.1. The van der Waals surface area contributed by atoms with Crippen LogP contribution in [0.4, 0.5) is 0 Å². The van der Waals surface area contributed by atoms with Crippen LogP contribution in [0.3, 0.4) is 0 Å². The zero-order valence-electron chi connectivity index (χ0n) is 12.3. The minimum absolute atomic E-state index is 0.0242. The first kappa shape index (κ1) is 13.7. The van der Waals surface area contributed by atoms with Crippen molar-refractivity contribution in [1.82, 2.24) is 4.90 Å². The zero-order valence-corrected chi connectivity index (χ0v) is 12.3. The van der Waals surface area contributed by atoms with Crippen LogP contribution in [0.5, 0.6) is 5.75 Å². The topological polar surface area (TPSA) is 42.7 Å². The first-order valence-corrected chi connectivity index (χ1v) is 7.24. The van der Waals surface area contributed by atoms with Crippen molar-refractivity contribution in [3.8, 4) is 5.75 Å². The highest BCUT2D eigenvalue weighted by atomic mass is 16.5. The van der Waals surface area contributed by atoms with Gasteiger partial charge in [-0.15, -0.1) is 0 Å². The van der Waals surface area contributed by atoms with E-state index in [-0.39, 0.29) is 11.9 Å². The second-order valence-corrected chi connectivity index (χ2v) is 5.53. The maximum atomic E-state index is 12.8. The molecule has 21 heavy (non-hydrogen) atoms. The fourth-order valence-electron chi connectivity index (χ4n) is 2.54. The van der Waals surface area contributed by atoms with Gasteiger partial charge >= 0.3 is 0 Å². The summed E-state index contributed by atoms with van der Waals surface area (Å²) in [6.45, 7) is 5.21. The molecule has 0 spiro atoms. The van der Waals surface area contributed by atoms with Gasteiger partial charge in [0.15, 0.2) is 0 Å². The summed E-state index contributed by atoms with van der Waals surface area (Å²) in [4.78, 5) is 14.6. The van der Waals surface area contributed by atoms with Crippen LogP contribution < -0.4 is 4.74 Å². The van der Waals surface area contributed by atoms with Gasteiger partial charge in [0.25, 0.3) is 5.91 Å². The summed E-state index contributed by atoms with van der Waals surface area (Å²) < 4.78 is 10.8. The number of fused-ring (bicyclic) bond motifs is 1. The van der Waals surface area contributed by atoms with E-state index in [0.29, 0.717) is 18.7 Å². The zero-order chi connectivity index (χ0) is 14.8. The number of amides is 1. The van der Waals surface area contributed by atoms with E-state index in [2.05, 4.69) is 0 Å². The summed E-state index contributed by atoms with van der Waals surface area (Å²) in [5.41, 5.74) is 1.82. The Bertz CT molecular complexity index is 631. The van der Waals surface area contributed by atoms with Gasteiger partial charge in [-0.2, -0.15) is 0 Å². The van der Waals surface area contributed by atoms with E-state index >= 15 is 0 Å². The maximum Gasteiger partial charge on any atom is 0.254 e. The predicted molar refractivity (Wildman–Crippen MR) is 79.4 cm³/mol. The molecule has 4 heteroatoms. The van der Waals surface area contributed by atoms with Gasteiger partial charge in [0.2, 0.25) is 0 Å². The molecule has 0 unspecified atom stereocenters. The largest absolute Gasteiger partial charge is 0.493 e. The predicted octanol–water partition coefficient (Wildman–Crippen LogP) is 3.27. The summed E-state index contributed by atoms with van der Waals surface area (Å²) in [5.74, 6) is 1.71. The van der Waals surface area contributed by atoms with Gasteiger partial charge in [-0.25, -0.2) is 0 Å². The molecule has 0 atom stereocenters. The SMILES string of the molecule is CC(C)N(Cc1ccco1)C(=O)c1ccc2c(c1)CCO2. The number of rotatable bonds is 4. The Labute approximate surface area is 124 Å². The quantitative estimate of drug-likeness (QED) is 0.866. The van der Waals surface area contributed by atoms with E-state index < -0.39 is 0 Å². The molecule has 0 aliphatic carbocycles. The Hall–Kier alpha value is -2.23. The molecule has 4 nitrogen and oxygen atoms in total. The highest BCUT2D eigenvalue weighted by molar-refractivity contribution is 5.94. The van der Waals surface area contributed by atoms with E-state index in [1.165, 1.54) is 0 Å². The Balaban J connectivity index is 1.83. The van der Waals surface area contributed by atoms with Gasteiger partial charge in [0, 0.05) is 18.0 Å². The lowest BCUT2D eigenvalue weighted by molar-refractivity contribution is 0.0676. The number of carbonyl (C=O) groups excluding carboxylic acids is 1. The van der Waals surface area contributed by atoms with Gasteiger partial charge in [0.1, 0.15) is 11.5 Å². The molecule has 3 rings (SSSR count). The number of hydrogen-bond acceptors (Lipinski definition) is 3. The van der Waals surface area contributed by atoms with Crippen LogP contribution in [0.15, 0.2) is 41.0 Å². The molecule has 2 heterocycles. The monoisotopic (exact) mass is 285 g/mol. The fourth-order valence-corrected chi connectivity index (χ4v) is 2.54. The lowest BCUT2D eigenvalue weighted by Crippen LogP contribution is -2.36. The molecule has 1 amide bonds. The van der Waals surface area contributed by atoms with E-state index in [9.17, 15) is 4.79 Å². The molecule has 0 N–H and O–H groups in total. The average Bonchev–Trinajstić information content (AvgIpc) is 3.14. The highest BCUT2D eigenvalue weighted by Crippen LogP contribution is 2.26. The molecule has 1 aromatic carbocycles. The summed E-state index contributed by atoms with van der Waals surface area (Å²) in [6.07, 6.45) is 2.50. The van der Waals surface area contributed by atoms with Gasteiger partial charge in [-0.3, -0.25) is 4.79 Å². The number of ether oxygens (including phenoxy) is 1. The molecule has 0 saturated carbocycles. The Kier molecular flexibility index (Phi) is 3.69. The van der Waals surface area contributed by atoms with Crippen molar-refractivity contribution in [2.45, 2.75) is 32.9 Å². The van der Waals surface area contributed by atoms with Crippen LogP contribution in [0, 0.1) is 0 Å². The maximum absolute atomic E-state index is 12.8. The first-order valence-electron chi connectivity index (χ1n) is 7.24. The molecule has 0 saturated heterocycles. The minimum atomic E-state index is 0.0242. The van der Waals surface area contributed by atoms with Crippen molar-refractivity contribution < 1.29 is 13.9 Å². The third kappa shape index (κ3) is 2.79. The van der Waals surface area contributed by atoms with E-state index in [1.54, 1.807) is 6.26 Å². The summed E-state index contributed by atoms with van der Waals surface area (Å²) in [6, 6.07) is 9.50. The second kappa shape index (κ2) is 5.64. The Morgan fingerprint density at radius 2 is 2.19 bits per heavy atom. The summed E-state index contributed by atoms with van der Waals surface area (Å²) >= 11 is 0. The normalized spacial score (nSPS) is 13.1. The fraction of sp³-hybridized carbons (Fsp3) is 0.353. The molecule has 0 radical (unpaired) electrons. The van der Waals surface area contributed by atoms with Gasteiger partial charge < -0.3 is 14.1 Å². The molecular formula is C17H19NO3. The van der Waals surface area contributed by atoms with Crippen LogP contribution in [-0.4, -0.2) is 23.5 Å². The van der Waals surface area contributed by atoms with Crippen LogP contribution >= 0.6 is 0 Å². The molecule has 1 aliphatic heterocycles. The van der Waals surface area contributed by atoms with E-state index in [0.717, 1.165) is 23.5 Å². The van der Waals surface area contributed by atoms with Crippen LogP contribution in [0.1, 0.15) is 35.5 Å². The molecule has 110 valence electrons. The van der Waals surface area contributed by atoms with Crippen molar-refractivity contribution in [3.05, 3.63) is 53.5 Å². The van der Waals surface area contributed by atoms with E-state index in [4.69, 9.17) is 9.15 Å². The van der Waals surface area contributed by atoms with Gasteiger partial charge in [0.05, 0.1) is 19.4 Å². The van der Waals surface area contributed by atoms with Crippen LogP contribution in [0.2, 0.25) is 0 Å².